The fraction of sp³-hybridized carbons (Fsp3) is 0.240. The molecule has 164 valence electrons. The lowest BCUT2D eigenvalue weighted by Gasteiger charge is -2.19. The fourth-order valence-corrected chi connectivity index (χ4v) is 5.24. The number of para-hydroxylation sites is 1. The van der Waals surface area contributed by atoms with Crippen molar-refractivity contribution < 1.29 is 9.53 Å². The number of thioether (sulfide) groups is 1. The number of amides is 1. The Bertz CT molecular complexity index is 1180. The Labute approximate surface area is 196 Å². The van der Waals surface area contributed by atoms with Gasteiger partial charge in [-0.05, 0) is 54.4 Å². The van der Waals surface area contributed by atoms with E-state index in [2.05, 4.69) is 30.1 Å². The number of hydrogen-bond donors (Lipinski definition) is 0. The van der Waals surface area contributed by atoms with Crippen LogP contribution in [0.1, 0.15) is 24.6 Å². The maximum absolute atomic E-state index is 13.3. The van der Waals surface area contributed by atoms with Gasteiger partial charge in [-0.3, -0.25) is 14.7 Å². The minimum Gasteiger partial charge on any atom is -0.497 e. The Hall–Kier alpha value is -2.90. The summed E-state index contributed by atoms with van der Waals surface area (Å²) in [6.07, 6.45) is 3.08. The molecule has 4 aromatic rings. The van der Waals surface area contributed by atoms with E-state index >= 15 is 0 Å². The summed E-state index contributed by atoms with van der Waals surface area (Å²) in [7, 11) is 1.66. The van der Waals surface area contributed by atoms with Crippen molar-refractivity contribution in [1.82, 2.24) is 9.97 Å². The predicted molar refractivity (Wildman–Crippen MR) is 133 cm³/mol. The van der Waals surface area contributed by atoms with Gasteiger partial charge in [-0.1, -0.05) is 36.5 Å². The third kappa shape index (κ3) is 5.29. The Balaban J connectivity index is 1.52. The van der Waals surface area contributed by atoms with E-state index in [1.165, 1.54) is 5.56 Å². The highest BCUT2D eigenvalue weighted by atomic mass is 32.2. The second-order valence-electron chi connectivity index (χ2n) is 7.19. The highest BCUT2D eigenvalue weighted by molar-refractivity contribution is 7.99. The molecule has 0 unspecified atom stereocenters. The topological polar surface area (TPSA) is 55.3 Å². The molecule has 0 aliphatic rings. The third-order valence-electron chi connectivity index (χ3n) is 5.09. The van der Waals surface area contributed by atoms with Crippen LogP contribution in [0.3, 0.4) is 0 Å². The fourth-order valence-electron chi connectivity index (χ4n) is 3.37. The van der Waals surface area contributed by atoms with Gasteiger partial charge in [0.25, 0.3) is 0 Å². The van der Waals surface area contributed by atoms with Crippen LogP contribution in [0.4, 0.5) is 5.13 Å². The van der Waals surface area contributed by atoms with Crippen molar-refractivity contribution in [3.63, 3.8) is 0 Å². The van der Waals surface area contributed by atoms with Gasteiger partial charge in [-0.2, -0.15) is 0 Å². The molecule has 7 heteroatoms. The highest BCUT2D eigenvalue weighted by Gasteiger charge is 2.21. The number of nitrogens with zero attached hydrogens (tertiary/aromatic N) is 3. The number of rotatable bonds is 9. The van der Waals surface area contributed by atoms with Gasteiger partial charge in [0.1, 0.15) is 5.75 Å². The second kappa shape index (κ2) is 10.6. The molecular formula is C25H25N3O2S2. The quantitative estimate of drug-likeness (QED) is 0.286. The summed E-state index contributed by atoms with van der Waals surface area (Å²) < 4.78 is 6.31. The first-order valence-corrected chi connectivity index (χ1v) is 12.3. The summed E-state index contributed by atoms with van der Waals surface area (Å²) in [5.74, 6) is 1.57. The number of ether oxygens (including phenoxy) is 1. The minimum atomic E-state index is 0.0498. The highest BCUT2D eigenvalue weighted by Crippen LogP contribution is 2.32. The zero-order chi connectivity index (χ0) is 22.3. The Morgan fingerprint density at radius 2 is 1.94 bits per heavy atom. The van der Waals surface area contributed by atoms with E-state index in [0.717, 1.165) is 38.1 Å². The van der Waals surface area contributed by atoms with Crippen molar-refractivity contribution >= 4 is 44.4 Å². The van der Waals surface area contributed by atoms with Crippen molar-refractivity contribution in [2.24, 2.45) is 0 Å². The molecule has 0 saturated carbocycles. The van der Waals surface area contributed by atoms with Crippen LogP contribution in [-0.2, 0) is 17.8 Å². The Morgan fingerprint density at radius 3 is 2.66 bits per heavy atom. The van der Waals surface area contributed by atoms with Crippen molar-refractivity contribution in [1.29, 1.82) is 0 Å². The summed E-state index contributed by atoms with van der Waals surface area (Å²) >= 11 is 3.22. The van der Waals surface area contributed by atoms with Crippen molar-refractivity contribution in [2.75, 3.05) is 17.8 Å². The van der Waals surface area contributed by atoms with Crippen LogP contribution in [0.15, 0.2) is 71.8 Å². The lowest BCUT2D eigenvalue weighted by atomic mass is 10.1. The van der Waals surface area contributed by atoms with Crippen LogP contribution in [0.25, 0.3) is 10.2 Å². The number of methoxy groups -OCH3 is 1. The van der Waals surface area contributed by atoms with Crippen molar-refractivity contribution in [3.8, 4) is 5.75 Å². The van der Waals surface area contributed by atoms with Gasteiger partial charge < -0.3 is 4.74 Å². The lowest BCUT2D eigenvalue weighted by Crippen LogP contribution is -2.30. The lowest BCUT2D eigenvalue weighted by molar-refractivity contribution is -0.118. The average molecular weight is 464 g/mol. The molecular weight excluding hydrogens is 438 g/mol. The van der Waals surface area contributed by atoms with Crippen LogP contribution in [0.5, 0.6) is 5.75 Å². The van der Waals surface area contributed by atoms with Gasteiger partial charge in [0.05, 0.1) is 29.6 Å². The molecule has 0 aliphatic carbocycles. The predicted octanol–water partition coefficient (Wildman–Crippen LogP) is 5.98. The monoisotopic (exact) mass is 463 g/mol. The Morgan fingerprint density at radius 1 is 1.09 bits per heavy atom. The number of benzene rings is 2. The largest absolute Gasteiger partial charge is 0.497 e. The van der Waals surface area contributed by atoms with E-state index in [1.54, 1.807) is 41.3 Å². The number of thiazole rings is 1. The van der Waals surface area contributed by atoms with E-state index in [9.17, 15) is 4.79 Å². The number of carbonyl (C=O) groups excluding carboxylic acids is 1. The molecule has 2 heterocycles. The summed E-state index contributed by atoms with van der Waals surface area (Å²) in [4.78, 5) is 25.5. The number of hydrogen-bond acceptors (Lipinski definition) is 6. The SMILES string of the molecule is CCc1cccc2sc(N(Cc3ccccn3)C(=O)CCSc3ccc(OC)cc3)nc12. The van der Waals surface area contributed by atoms with Crippen LogP contribution in [-0.4, -0.2) is 28.7 Å². The van der Waals surface area contributed by atoms with Crippen LogP contribution in [0, 0.1) is 0 Å². The van der Waals surface area contributed by atoms with E-state index in [1.807, 2.05) is 42.5 Å². The zero-order valence-electron chi connectivity index (χ0n) is 18.2. The number of fused-ring (bicyclic) bond motifs is 1. The molecule has 0 aliphatic heterocycles. The number of aromatic nitrogens is 2. The molecule has 1 amide bonds. The molecule has 2 aromatic heterocycles. The van der Waals surface area contributed by atoms with Crippen LogP contribution < -0.4 is 9.64 Å². The van der Waals surface area contributed by atoms with E-state index < -0.39 is 0 Å². The summed E-state index contributed by atoms with van der Waals surface area (Å²) in [5, 5.41) is 0.728. The summed E-state index contributed by atoms with van der Waals surface area (Å²) in [5.41, 5.74) is 3.03. The molecule has 0 atom stereocenters. The third-order valence-corrected chi connectivity index (χ3v) is 7.15. The van der Waals surface area contributed by atoms with Gasteiger partial charge >= 0.3 is 0 Å². The summed E-state index contributed by atoms with van der Waals surface area (Å²) in [6.45, 7) is 2.54. The smallest absolute Gasteiger partial charge is 0.229 e. The normalized spacial score (nSPS) is 10.9. The van der Waals surface area contributed by atoms with Gasteiger partial charge in [-0.15, -0.1) is 11.8 Å². The van der Waals surface area contributed by atoms with Gasteiger partial charge in [-0.25, -0.2) is 4.98 Å². The average Bonchev–Trinajstić information content (AvgIpc) is 3.27. The number of carbonyl (C=O) groups is 1. The van der Waals surface area contributed by atoms with E-state index in [0.29, 0.717) is 18.7 Å². The van der Waals surface area contributed by atoms with Crippen molar-refractivity contribution in [3.05, 3.63) is 78.1 Å². The molecule has 0 saturated heterocycles. The zero-order valence-corrected chi connectivity index (χ0v) is 19.8. The molecule has 0 bridgehead atoms. The van der Waals surface area contributed by atoms with Gasteiger partial charge in [0, 0.05) is 23.3 Å². The molecule has 2 aromatic carbocycles. The van der Waals surface area contributed by atoms with Crippen LogP contribution in [0.2, 0.25) is 0 Å². The Kier molecular flexibility index (Phi) is 7.39. The van der Waals surface area contributed by atoms with Gasteiger partial charge in [0.2, 0.25) is 5.91 Å². The number of pyridine rings is 1. The molecule has 5 nitrogen and oxygen atoms in total. The first-order chi connectivity index (χ1) is 15.7. The van der Waals surface area contributed by atoms with Crippen LogP contribution >= 0.6 is 23.1 Å². The second-order valence-corrected chi connectivity index (χ2v) is 9.37. The van der Waals surface area contributed by atoms with E-state index in [-0.39, 0.29) is 5.91 Å². The molecule has 0 radical (unpaired) electrons. The first kappa shape index (κ1) is 22.3. The summed E-state index contributed by atoms with van der Waals surface area (Å²) in [6, 6.07) is 19.9. The van der Waals surface area contributed by atoms with Crippen molar-refractivity contribution in [2.45, 2.75) is 31.2 Å². The maximum Gasteiger partial charge on any atom is 0.229 e. The molecule has 0 spiro atoms. The minimum absolute atomic E-state index is 0.0498. The molecule has 32 heavy (non-hydrogen) atoms. The maximum atomic E-state index is 13.3. The van der Waals surface area contributed by atoms with E-state index in [4.69, 9.17) is 9.72 Å². The molecule has 0 fully saturated rings. The number of anilines is 1. The number of aryl methyl sites for hydroxylation is 1. The standard InChI is InChI=1S/C25H25N3O2S2/c1-3-18-7-6-9-22-24(18)27-25(32-22)28(17-19-8-4-5-15-26-19)23(29)14-16-31-21-12-10-20(30-2)11-13-21/h4-13,15H,3,14,16-17H2,1-2H3. The van der Waals surface area contributed by atoms with Gasteiger partial charge in [0.15, 0.2) is 5.13 Å². The molecule has 0 N–H and O–H groups in total. The first-order valence-electron chi connectivity index (χ1n) is 10.5. The molecule has 4 rings (SSSR count).